The molecule has 0 bridgehead atoms. The van der Waals surface area contributed by atoms with Crippen LogP contribution in [-0.2, 0) is 11.2 Å². The average molecular weight is 428 g/mol. The van der Waals surface area contributed by atoms with Crippen molar-refractivity contribution in [2.75, 3.05) is 19.8 Å². The largest absolute Gasteiger partial charge is 0.375 e. The van der Waals surface area contributed by atoms with Crippen LogP contribution < -0.4 is 0 Å². The van der Waals surface area contributed by atoms with E-state index in [0.717, 1.165) is 17.3 Å². The molecule has 2 atom stereocenters. The number of nitrogens with zero attached hydrogens (tertiary/aromatic N) is 1. The maximum absolute atomic E-state index is 15.0. The van der Waals surface area contributed by atoms with Crippen molar-refractivity contribution < 1.29 is 9.13 Å². The van der Waals surface area contributed by atoms with Crippen LogP contribution in [0.25, 0.3) is 5.57 Å². The molecule has 0 spiro atoms. The Bertz CT molecular complexity index is 920. The molecule has 0 N–H and O–H groups in total. The fourth-order valence-corrected chi connectivity index (χ4v) is 5.30. The highest BCUT2D eigenvalue weighted by Crippen LogP contribution is 2.49. The van der Waals surface area contributed by atoms with E-state index in [1.165, 1.54) is 27.8 Å². The number of rotatable bonds is 3. The number of hydrogen-bond acceptors (Lipinski definition) is 2. The molecule has 2 heterocycles. The van der Waals surface area contributed by atoms with Crippen LogP contribution in [0, 0.1) is 0 Å². The molecule has 1 aliphatic carbocycles. The van der Waals surface area contributed by atoms with Crippen LogP contribution in [0.2, 0.25) is 0 Å². The summed E-state index contributed by atoms with van der Waals surface area (Å²) in [7, 11) is 0. The van der Waals surface area contributed by atoms with Crippen molar-refractivity contribution in [2.24, 2.45) is 0 Å². The third-order valence-electron chi connectivity index (χ3n) is 6.19. The monoisotopic (exact) mass is 427 g/mol. The van der Waals surface area contributed by atoms with Crippen molar-refractivity contribution in [3.05, 3.63) is 75.3 Å². The minimum atomic E-state index is -1.22. The normalized spacial score (nSPS) is 26.5. The lowest BCUT2D eigenvalue weighted by atomic mass is 9.84. The number of alkyl halides is 1. The Morgan fingerprint density at radius 2 is 2.00 bits per heavy atom. The van der Waals surface area contributed by atoms with E-state index >= 15 is 4.39 Å². The van der Waals surface area contributed by atoms with Gasteiger partial charge in [0, 0.05) is 17.1 Å². The van der Waals surface area contributed by atoms with E-state index in [-0.39, 0.29) is 25.3 Å². The molecular weight excluding hydrogens is 405 g/mol. The fraction of sp³-hybridized carbons (Fsp3) is 0.391. The molecule has 0 saturated carbocycles. The van der Waals surface area contributed by atoms with E-state index in [4.69, 9.17) is 4.74 Å². The van der Waals surface area contributed by atoms with Crippen molar-refractivity contribution in [2.45, 2.75) is 37.5 Å². The Balaban J connectivity index is 1.61. The topological polar surface area (TPSA) is 12.5 Å². The molecule has 2 nitrogen and oxygen atoms in total. The van der Waals surface area contributed by atoms with Crippen LogP contribution in [0.5, 0.6) is 0 Å². The molecule has 2 aromatic carbocycles. The van der Waals surface area contributed by atoms with Crippen LogP contribution >= 0.6 is 15.9 Å². The predicted octanol–water partition coefficient (Wildman–Crippen LogP) is 5.33. The van der Waals surface area contributed by atoms with Crippen LogP contribution in [0.3, 0.4) is 0 Å². The molecule has 0 radical (unpaired) electrons. The second kappa shape index (κ2) is 6.54. The van der Waals surface area contributed by atoms with E-state index < -0.39 is 5.67 Å². The second-order valence-electron chi connectivity index (χ2n) is 8.16. The van der Waals surface area contributed by atoms with Gasteiger partial charge in [-0.15, -0.1) is 0 Å². The summed E-state index contributed by atoms with van der Waals surface area (Å²) >= 11 is 3.62. The average Bonchev–Trinajstić information content (AvgIpc) is 2.99. The lowest BCUT2D eigenvalue weighted by molar-refractivity contribution is -0.147. The van der Waals surface area contributed by atoms with Gasteiger partial charge in [0.1, 0.15) is 0 Å². The van der Waals surface area contributed by atoms with E-state index in [2.05, 4.69) is 76.3 Å². The Hall–Kier alpha value is -1.49. The molecule has 0 amide bonds. The molecule has 5 rings (SSSR count). The van der Waals surface area contributed by atoms with E-state index in [1.54, 1.807) is 0 Å². The van der Waals surface area contributed by atoms with Crippen molar-refractivity contribution in [1.29, 1.82) is 0 Å². The summed E-state index contributed by atoms with van der Waals surface area (Å²) in [5, 5.41) is 0. The molecule has 1 saturated heterocycles. The van der Waals surface area contributed by atoms with Crippen molar-refractivity contribution in [1.82, 2.24) is 4.90 Å². The van der Waals surface area contributed by atoms with E-state index in [9.17, 15) is 0 Å². The van der Waals surface area contributed by atoms with Crippen molar-refractivity contribution in [3.8, 4) is 0 Å². The van der Waals surface area contributed by atoms with Gasteiger partial charge in [0.05, 0.1) is 19.3 Å². The summed E-state index contributed by atoms with van der Waals surface area (Å²) in [6.07, 6.45) is 1.94. The van der Waals surface area contributed by atoms with Gasteiger partial charge in [-0.25, -0.2) is 4.39 Å². The van der Waals surface area contributed by atoms with Gasteiger partial charge in [-0.05, 0) is 59.7 Å². The summed E-state index contributed by atoms with van der Waals surface area (Å²) in [5.74, 6) is 0. The minimum absolute atomic E-state index is 0.113. The third-order valence-corrected chi connectivity index (χ3v) is 6.68. The maximum atomic E-state index is 15.0. The SMILES string of the molecule is C[C@@H]1CC2=C(Cc3ccccc32)[C@@H](c2cccc(Br)c2)N1CC1(F)COC1. The summed E-state index contributed by atoms with van der Waals surface area (Å²) in [4.78, 5) is 2.37. The number of benzene rings is 2. The first kappa shape index (κ1) is 17.6. The molecular formula is C23H23BrFNO. The molecule has 2 aromatic rings. The second-order valence-corrected chi connectivity index (χ2v) is 9.08. The summed E-state index contributed by atoms with van der Waals surface area (Å²) < 4.78 is 21.3. The van der Waals surface area contributed by atoms with Gasteiger partial charge in [0.15, 0.2) is 5.67 Å². The first-order chi connectivity index (χ1) is 13.0. The van der Waals surface area contributed by atoms with Crippen LogP contribution in [0.1, 0.15) is 36.1 Å². The van der Waals surface area contributed by atoms with Gasteiger partial charge in [0.25, 0.3) is 0 Å². The molecule has 1 fully saturated rings. The van der Waals surface area contributed by atoms with Gasteiger partial charge in [-0.1, -0.05) is 52.3 Å². The number of fused-ring (bicyclic) bond motifs is 2. The summed E-state index contributed by atoms with van der Waals surface area (Å²) in [6, 6.07) is 17.6. The highest BCUT2D eigenvalue weighted by atomic mass is 79.9. The Labute approximate surface area is 168 Å². The highest BCUT2D eigenvalue weighted by Gasteiger charge is 2.46. The first-order valence-corrected chi connectivity index (χ1v) is 10.4. The van der Waals surface area contributed by atoms with Gasteiger partial charge in [0.2, 0.25) is 0 Å². The van der Waals surface area contributed by atoms with Gasteiger partial charge in [-0.2, -0.15) is 0 Å². The van der Waals surface area contributed by atoms with Crippen LogP contribution in [0.15, 0.2) is 58.6 Å². The molecule has 27 heavy (non-hydrogen) atoms. The highest BCUT2D eigenvalue weighted by molar-refractivity contribution is 9.10. The Morgan fingerprint density at radius 1 is 1.19 bits per heavy atom. The smallest absolute Gasteiger partial charge is 0.169 e. The molecule has 0 aromatic heterocycles. The zero-order chi connectivity index (χ0) is 18.6. The molecule has 3 aliphatic rings. The van der Waals surface area contributed by atoms with E-state index in [1.807, 2.05) is 0 Å². The summed E-state index contributed by atoms with van der Waals surface area (Å²) in [5.41, 5.74) is 5.72. The Morgan fingerprint density at radius 3 is 2.74 bits per heavy atom. The molecule has 140 valence electrons. The third kappa shape index (κ3) is 2.98. The van der Waals surface area contributed by atoms with Gasteiger partial charge >= 0.3 is 0 Å². The predicted molar refractivity (Wildman–Crippen MR) is 109 cm³/mol. The number of hydrogen-bond donors (Lipinski definition) is 0. The Kier molecular flexibility index (Phi) is 4.26. The standard InChI is InChI=1S/C23H23BrFNO/c1-15-9-20-19-8-3-2-5-16(19)11-21(20)22(17-6-4-7-18(24)10-17)26(15)12-23(25)13-27-14-23/h2-8,10,15,22H,9,11-14H2,1H3/t15-,22-/m1/s1. The van der Waals surface area contributed by atoms with Crippen LogP contribution in [-0.4, -0.2) is 36.4 Å². The lowest BCUT2D eigenvalue weighted by Gasteiger charge is -2.47. The minimum Gasteiger partial charge on any atom is -0.375 e. The van der Waals surface area contributed by atoms with Crippen LogP contribution in [0.4, 0.5) is 4.39 Å². The van der Waals surface area contributed by atoms with Gasteiger partial charge in [-0.3, -0.25) is 4.90 Å². The molecule has 2 aliphatic heterocycles. The molecule has 0 unspecified atom stereocenters. The quantitative estimate of drug-likeness (QED) is 0.655. The number of ether oxygens (including phenoxy) is 1. The number of halogens is 2. The zero-order valence-electron chi connectivity index (χ0n) is 15.4. The molecule has 4 heteroatoms. The van der Waals surface area contributed by atoms with Crippen molar-refractivity contribution in [3.63, 3.8) is 0 Å². The van der Waals surface area contributed by atoms with Crippen molar-refractivity contribution >= 4 is 21.5 Å². The fourth-order valence-electron chi connectivity index (χ4n) is 4.88. The first-order valence-electron chi connectivity index (χ1n) is 9.62. The maximum Gasteiger partial charge on any atom is 0.169 e. The van der Waals surface area contributed by atoms with Gasteiger partial charge < -0.3 is 4.74 Å². The summed E-state index contributed by atoms with van der Waals surface area (Å²) in [6.45, 7) is 3.10. The zero-order valence-corrected chi connectivity index (χ0v) is 17.0. The van der Waals surface area contributed by atoms with E-state index in [0.29, 0.717) is 6.54 Å². The lowest BCUT2D eigenvalue weighted by Crippen LogP contribution is -2.56.